The summed E-state index contributed by atoms with van der Waals surface area (Å²) in [5.74, 6) is -0.585. The van der Waals surface area contributed by atoms with Crippen molar-refractivity contribution in [2.75, 3.05) is 26.7 Å². The van der Waals surface area contributed by atoms with Crippen LogP contribution in [0.4, 0.5) is 4.39 Å². The minimum atomic E-state index is -0.933. The summed E-state index contributed by atoms with van der Waals surface area (Å²) in [7, 11) is 1.79. The molecule has 8 nitrogen and oxygen atoms in total. The summed E-state index contributed by atoms with van der Waals surface area (Å²) < 4.78 is 14.4. The van der Waals surface area contributed by atoms with Crippen LogP contribution in [0.3, 0.4) is 0 Å². The molecule has 0 bridgehead atoms. The summed E-state index contributed by atoms with van der Waals surface area (Å²) in [6.07, 6.45) is 12.5. The quantitative estimate of drug-likeness (QED) is 0.548. The topological polar surface area (TPSA) is 106 Å². The number of benzene rings is 1. The third-order valence-corrected chi connectivity index (χ3v) is 7.49. The average Bonchev–Trinajstić information content (AvgIpc) is 3.71. The number of dihydropyridines is 1. The number of halogens is 1. The summed E-state index contributed by atoms with van der Waals surface area (Å²) in [4.78, 5) is 41.2. The summed E-state index contributed by atoms with van der Waals surface area (Å²) in [5.41, 5.74) is 1.74. The summed E-state index contributed by atoms with van der Waals surface area (Å²) in [5, 5.41) is 15.8. The second kappa shape index (κ2) is 10.4. The fraction of sp³-hybridized carbons (Fsp3) is 0.379. The number of likely N-dealkylation sites (tertiary alicyclic amines) is 1. The number of allylic oxidation sites excluding steroid dienone is 3. The first kappa shape index (κ1) is 25.6. The number of rotatable bonds is 8. The molecule has 0 radical (unpaired) electrons. The number of nitrogens with zero attached hydrogens (tertiary/aromatic N) is 3. The standard InChI is InChI=1S/C29H30FN5O3/c1-34-16-20(2-5-25(36)17-34)21-10-19(11-23(30)12-21)14-32-15-27(37)26-13-24(6-8-33-26)35-9-7-29(18-31,28(35)38)22-3-4-22/h2,5-6,8,10-13,16,22,26,32-33H,3-4,7,9,14-15,17H2,1H3. The van der Waals surface area contributed by atoms with Gasteiger partial charge in [-0.05, 0) is 90.6 Å². The third-order valence-electron chi connectivity index (χ3n) is 7.49. The molecule has 1 amide bonds. The SMILES string of the molecule is CN1C=C(c2cc(F)cc(CNCC(=O)C3C=C(N4CCC(C#N)(C5CC5)C4=O)C=CN3)c2)C=CC(=O)C1. The molecule has 1 aromatic rings. The van der Waals surface area contributed by atoms with E-state index in [2.05, 4.69) is 16.7 Å². The van der Waals surface area contributed by atoms with Gasteiger partial charge in [0.25, 0.3) is 0 Å². The Labute approximate surface area is 221 Å². The number of ketones is 2. The van der Waals surface area contributed by atoms with E-state index in [4.69, 9.17) is 0 Å². The molecule has 2 atom stereocenters. The van der Waals surface area contributed by atoms with Crippen LogP contribution >= 0.6 is 0 Å². The zero-order valence-electron chi connectivity index (χ0n) is 21.2. The number of likely N-dealkylation sites (N-methyl/N-ethyl adjacent to an activating group) is 1. The van der Waals surface area contributed by atoms with Crippen LogP contribution in [-0.4, -0.2) is 60.0 Å². The maximum absolute atomic E-state index is 14.4. The predicted molar refractivity (Wildman–Crippen MR) is 139 cm³/mol. The number of Topliss-reactive ketones (excluding diaryl/α,β-unsaturated/α-hetero) is 1. The van der Waals surface area contributed by atoms with Gasteiger partial charge in [0, 0.05) is 32.0 Å². The lowest BCUT2D eigenvalue weighted by molar-refractivity contribution is -0.132. The van der Waals surface area contributed by atoms with E-state index in [1.54, 1.807) is 47.5 Å². The van der Waals surface area contributed by atoms with Crippen LogP contribution in [0, 0.1) is 28.5 Å². The van der Waals surface area contributed by atoms with Gasteiger partial charge in [0.1, 0.15) is 17.3 Å². The van der Waals surface area contributed by atoms with E-state index in [0.29, 0.717) is 29.8 Å². The smallest absolute Gasteiger partial charge is 0.247 e. The van der Waals surface area contributed by atoms with E-state index < -0.39 is 17.3 Å². The van der Waals surface area contributed by atoms with Crippen molar-refractivity contribution in [2.45, 2.75) is 31.8 Å². The zero-order chi connectivity index (χ0) is 26.9. The highest BCUT2D eigenvalue weighted by Crippen LogP contribution is 2.51. The molecule has 1 aliphatic carbocycles. The first-order chi connectivity index (χ1) is 18.3. The largest absolute Gasteiger partial charge is 0.378 e. The van der Waals surface area contributed by atoms with Crippen LogP contribution < -0.4 is 10.6 Å². The van der Waals surface area contributed by atoms with Crippen molar-refractivity contribution in [1.82, 2.24) is 20.4 Å². The first-order valence-electron chi connectivity index (χ1n) is 12.8. The van der Waals surface area contributed by atoms with Crippen LogP contribution in [0.1, 0.15) is 30.4 Å². The molecular formula is C29H30FN5O3. The third kappa shape index (κ3) is 5.18. The Morgan fingerprint density at radius 3 is 2.82 bits per heavy atom. The van der Waals surface area contributed by atoms with Crippen molar-refractivity contribution in [3.05, 3.63) is 77.5 Å². The maximum atomic E-state index is 14.4. The monoisotopic (exact) mass is 515 g/mol. The fourth-order valence-corrected chi connectivity index (χ4v) is 5.35. The highest BCUT2D eigenvalue weighted by Gasteiger charge is 2.57. The molecule has 1 saturated carbocycles. The van der Waals surface area contributed by atoms with Gasteiger partial charge >= 0.3 is 0 Å². The lowest BCUT2D eigenvalue weighted by Gasteiger charge is -2.25. The van der Waals surface area contributed by atoms with Crippen LogP contribution in [0.5, 0.6) is 0 Å². The van der Waals surface area contributed by atoms with Gasteiger partial charge in [-0.25, -0.2) is 4.39 Å². The molecule has 0 aromatic heterocycles. The molecule has 5 rings (SSSR count). The van der Waals surface area contributed by atoms with Crippen molar-refractivity contribution in [3.63, 3.8) is 0 Å². The number of nitrogens with one attached hydrogen (secondary N) is 2. The van der Waals surface area contributed by atoms with Crippen molar-refractivity contribution < 1.29 is 18.8 Å². The van der Waals surface area contributed by atoms with Gasteiger partial charge in [-0.1, -0.05) is 0 Å². The normalized spacial score (nSPS) is 25.0. The number of nitriles is 1. The minimum Gasteiger partial charge on any atom is -0.378 e. The highest BCUT2D eigenvalue weighted by molar-refractivity contribution is 5.95. The van der Waals surface area contributed by atoms with Gasteiger partial charge in [-0.3, -0.25) is 14.4 Å². The number of carbonyl (C=O) groups excluding carboxylic acids is 3. The highest BCUT2D eigenvalue weighted by atomic mass is 19.1. The Balaban J connectivity index is 1.21. The van der Waals surface area contributed by atoms with Gasteiger partial charge in [0.2, 0.25) is 5.91 Å². The van der Waals surface area contributed by atoms with Crippen LogP contribution in [0.2, 0.25) is 0 Å². The average molecular weight is 516 g/mol. The number of carbonyl (C=O) groups is 3. The molecule has 1 aromatic carbocycles. The fourth-order valence-electron chi connectivity index (χ4n) is 5.35. The summed E-state index contributed by atoms with van der Waals surface area (Å²) in [6, 6.07) is 6.33. The van der Waals surface area contributed by atoms with E-state index in [0.717, 1.165) is 18.4 Å². The molecule has 3 heterocycles. The van der Waals surface area contributed by atoms with E-state index in [-0.39, 0.29) is 43.0 Å². The van der Waals surface area contributed by atoms with Crippen molar-refractivity contribution in [2.24, 2.45) is 11.3 Å². The van der Waals surface area contributed by atoms with Gasteiger partial charge in [-0.2, -0.15) is 5.26 Å². The Bertz CT molecular complexity index is 1340. The molecule has 3 aliphatic heterocycles. The lowest BCUT2D eigenvalue weighted by atomic mass is 9.83. The van der Waals surface area contributed by atoms with Gasteiger partial charge in [0.15, 0.2) is 11.6 Å². The van der Waals surface area contributed by atoms with E-state index >= 15 is 0 Å². The predicted octanol–water partition coefficient (Wildman–Crippen LogP) is 2.42. The number of hydrogen-bond donors (Lipinski definition) is 2. The Kier molecular flexibility index (Phi) is 7.00. The number of amides is 1. The Morgan fingerprint density at radius 2 is 2.05 bits per heavy atom. The van der Waals surface area contributed by atoms with Gasteiger partial charge in [0.05, 0.1) is 19.2 Å². The molecule has 196 valence electrons. The summed E-state index contributed by atoms with van der Waals surface area (Å²) in [6.45, 7) is 1.05. The molecule has 0 spiro atoms. The molecule has 4 aliphatic rings. The van der Waals surface area contributed by atoms with E-state index in [9.17, 15) is 24.0 Å². The minimum absolute atomic E-state index is 0.0275. The lowest BCUT2D eigenvalue weighted by Crippen LogP contribution is -2.41. The van der Waals surface area contributed by atoms with Gasteiger partial charge < -0.3 is 20.4 Å². The summed E-state index contributed by atoms with van der Waals surface area (Å²) >= 11 is 0. The zero-order valence-corrected chi connectivity index (χ0v) is 21.2. The van der Waals surface area contributed by atoms with E-state index in [1.807, 2.05) is 6.07 Å². The molecule has 38 heavy (non-hydrogen) atoms. The molecule has 2 N–H and O–H groups in total. The second-order valence-electron chi connectivity index (χ2n) is 10.4. The molecule has 2 unspecified atom stereocenters. The van der Waals surface area contributed by atoms with Crippen LogP contribution in [0.15, 0.2) is 60.6 Å². The van der Waals surface area contributed by atoms with Crippen molar-refractivity contribution in [1.29, 1.82) is 5.26 Å². The van der Waals surface area contributed by atoms with Crippen LogP contribution in [0.25, 0.3) is 5.57 Å². The molecule has 1 saturated heterocycles. The Hall–Kier alpha value is -4.03. The molecule has 9 heteroatoms. The first-order valence-corrected chi connectivity index (χ1v) is 12.8. The second-order valence-corrected chi connectivity index (χ2v) is 10.4. The Morgan fingerprint density at radius 1 is 1.24 bits per heavy atom. The number of hydrogen-bond acceptors (Lipinski definition) is 7. The van der Waals surface area contributed by atoms with Crippen LogP contribution in [-0.2, 0) is 20.9 Å². The maximum Gasteiger partial charge on any atom is 0.247 e. The van der Waals surface area contributed by atoms with E-state index in [1.165, 1.54) is 18.2 Å². The molecular weight excluding hydrogens is 485 g/mol. The molecule has 2 fully saturated rings. The van der Waals surface area contributed by atoms with Crippen molar-refractivity contribution >= 4 is 23.0 Å². The van der Waals surface area contributed by atoms with Gasteiger partial charge in [-0.15, -0.1) is 0 Å². The van der Waals surface area contributed by atoms with Crippen molar-refractivity contribution in [3.8, 4) is 6.07 Å².